The van der Waals surface area contributed by atoms with Crippen LogP contribution in [0.4, 0.5) is 13.2 Å². The molecule has 2 bridgehead atoms. The number of nitrogens with zero attached hydrogens (tertiary/aromatic N) is 2. The third kappa shape index (κ3) is 4.32. The van der Waals surface area contributed by atoms with Gasteiger partial charge in [-0.15, -0.1) is 0 Å². The van der Waals surface area contributed by atoms with Gasteiger partial charge in [-0.05, 0) is 37.2 Å². The number of benzene rings is 1. The monoisotopic (exact) mass is 407 g/mol. The molecule has 2 aliphatic carbocycles. The largest absolute Gasteiger partial charge is 0.433 e. The van der Waals surface area contributed by atoms with Crippen LogP contribution in [0.2, 0.25) is 0 Å². The zero-order valence-corrected chi connectivity index (χ0v) is 15.9. The van der Waals surface area contributed by atoms with Crippen molar-refractivity contribution in [2.45, 2.75) is 43.1 Å². The fourth-order valence-corrected chi connectivity index (χ4v) is 4.86. The van der Waals surface area contributed by atoms with Gasteiger partial charge in [-0.3, -0.25) is 4.79 Å². The van der Waals surface area contributed by atoms with Crippen LogP contribution in [-0.2, 0) is 11.0 Å². The highest BCUT2D eigenvalue weighted by atomic mass is 32.2. The van der Waals surface area contributed by atoms with Gasteiger partial charge >= 0.3 is 6.18 Å². The van der Waals surface area contributed by atoms with Gasteiger partial charge in [-0.2, -0.15) is 13.2 Å². The van der Waals surface area contributed by atoms with Gasteiger partial charge in [-0.1, -0.05) is 48.5 Å². The number of fused-ring (bicyclic) bond motifs is 2. The molecule has 1 aromatic carbocycles. The molecule has 0 spiro atoms. The Morgan fingerprint density at radius 1 is 1.14 bits per heavy atom. The van der Waals surface area contributed by atoms with E-state index in [1.165, 1.54) is 12.8 Å². The van der Waals surface area contributed by atoms with E-state index >= 15 is 0 Å². The van der Waals surface area contributed by atoms with E-state index in [1.807, 2.05) is 0 Å². The lowest BCUT2D eigenvalue weighted by atomic mass is 9.95. The Morgan fingerprint density at radius 2 is 1.93 bits per heavy atom. The number of rotatable bonds is 5. The Hall–Kier alpha value is -2.09. The molecule has 2 saturated carbocycles. The van der Waals surface area contributed by atoms with E-state index in [4.69, 9.17) is 0 Å². The molecule has 4 nitrogen and oxygen atoms in total. The summed E-state index contributed by atoms with van der Waals surface area (Å²) in [4.78, 5) is 20.1. The van der Waals surface area contributed by atoms with Crippen LogP contribution in [-0.4, -0.2) is 27.7 Å². The molecule has 2 fully saturated rings. The van der Waals surface area contributed by atoms with Gasteiger partial charge in [0.1, 0.15) is 5.69 Å². The number of thioether (sulfide) groups is 1. The molecule has 1 aromatic heterocycles. The minimum absolute atomic E-state index is 0.00340. The Labute approximate surface area is 165 Å². The van der Waals surface area contributed by atoms with Crippen molar-refractivity contribution in [3.05, 3.63) is 42.1 Å². The van der Waals surface area contributed by atoms with E-state index in [0.717, 1.165) is 30.7 Å². The third-order valence-corrected chi connectivity index (χ3v) is 6.33. The Balaban J connectivity index is 1.46. The summed E-state index contributed by atoms with van der Waals surface area (Å²) in [5.74, 6) is 1.09. The highest BCUT2D eigenvalue weighted by molar-refractivity contribution is 7.99. The second kappa shape index (κ2) is 7.73. The maximum atomic E-state index is 13.2. The SMILES string of the molecule is O=C(CSc1nc(-c2ccccc2)cc(C(F)(F)F)n1)NC1CC2CCC1C2. The Bertz CT molecular complexity index is 860. The van der Waals surface area contributed by atoms with Gasteiger partial charge in [-0.25, -0.2) is 9.97 Å². The standard InChI is InChI=1S/C20H20F3N3OS/c21-20(22,23)17-10-16(13-4-2-1-3-5-13)25-19(26-17)28-11-18(27)24-15-9-12-6-7-14(15)8-12/h1-5,10,12,14-15H,6-9,11H2,(H,24,27). The van der Waals surface area contributed by atoms with Gasteiger partial charge in [0.05, 0.1) is 11.4 Å². The van der Waals surface area contributed by atoms with Crippen LogP contribution in [0.1, 0.15) is 31.4 Å². The number of amides is 1. The normalized spacial score (nSPS) is 23.8. The van der Waals surface area contributed by atoms with Gasteiger partial charge in [0.15, 0.2) is 5.16 Å². The molecule has 0 aliphatic heterocycles. The third-order valence-electron chi connectivity index (χ3n) is 5.48. The Kier molecular flexibility index (Phi) is 5.31. The zero-order chi connectivity index (χ0) is 19.7. The lowest BCUT2D eigenvalue weighted by Gasteiger charge is -2.22. The summed E-state index contributed by atoms with van der Waals surface area (Å²) in [5, 5.41) is 2.99. The maximum Gasteiger partial charge on any atom is 0.433 e. The van der Waals surface area contributed by atoms with Crippen LogP contribution in [0.5, 0.6) is 0 Å². The summed E-state index contributed by atoms with van der Waals surface area (Å²) >= 11 is 0.937. The number of alkyl halides is 3. The van der Waals surface area contributed by atoms with Crippen LogP contribution in [0, 0.1) is 11.8 Å². The molecule has 1 amide bonds. The summed E-state index contributed by atoms with van der Waals surface area (Å²) in [6.45, 7) is 0. The zero-order valence-electron chi connectivity index (χ0n) is 15.1. The molecule has 0 radical (unpaired) electrons. The molecule has 2 aliphatic rings. The van der Waals surface area contributed by atoms with E-state index in [1.54, 1.807) is 30.3 Å². The fourth-order valence-electron chi connectivity index (χ4n) is 4.19. The van der Waals surface area contributed by atoms with E-state index in [9.17, 15) is 18.0 Å². The van der Waals surface area contributed by atoms with E-state index in [-0.39, 0.29) is 28.6 Å². The fraction of sp³-hybridized carbons (Fsp3) is 0.450. The number of hydrogen-bond donors (Lipinski definition) is 1. The minimum atomic E-state index is -4.58. The molecular weight excluding hydrogens is 387 g/mol. The maximum absolute atomic E-state index is 13.2. The van der Waals surface area contributed by atoms with E-state index in [0.29, 0.717) is 17.4 Å². The highest BCUT2D eigenvalue weighted by Gasteiger charge is 2.40. The van der Waals surface area contributed by atoms with Crippen LogP contribution < -0.4 is 5.32 Å². The predicted octanol–water partition coefficient (Wildman–Crippen LogP) is 4.56. The number of carbonyl (C=O) groups is 1. The number of nitrogens with one attached hydrogen (secondary N) is 1. The molecule has 8 heteroatoms. The lowest BCUT2D eigenvalue weighted by molar-refractivity contribution is -0.141. The van der Waals surface area contributed by atoms with Crippen molar-refractivity contribution >= 4 is 17.7 Å². The Morgan fingerprint density at radius 3 is 2.57 bits per heavy atom. The summed E-state index contributed by atoms with van der Waals surface area (Å²) < 4.78 is 39.7. The first kappa shape index (κ1) is 19.2. The molecular formula is C20H20F3N3OS. The van der Waals surface area contributed by atoms with Crippen molar-refractivity contribution in [2.75, 3.05) is 5.75 Å². The summed E-state index contributed by atoms with van der Waals surface area (Å²) in [6, 6.07) is 9.78. The molecule has 28 heavy (non-hydrogen) atoms. The minimum Gasteiger partial charge on any atom is -0.352 e. The summed E-state index contributed by atoms with van der Waals surface area (Å²) in [5.41, 5.74) is -0.236. The molecule has 0 saturated heterocycles. The molecule has 1 N–H and O–H groups in total. The van der Waals surface area contributed by atoms with E-state index < -0.39 is 11.9 Å². The van der Waals surface area contributed by atoms with Crippen molar-refractivity contribution in [1.82, 2.24) is 15.3 Å². The van der Waals surface area contributed by atoms with Gasteiger partial charge < -0.3 is 5.32 Å². The van der Waals surface area contributed by atoms with Gasteiger partial charge in [0.25, 0.3) is 0 Å². The lowest BCUT2D eigenvalue weighted by Crippen LogP contribution is -2.39. The predicted molar refractivity (Wildman–Crippen MR) is 101 cm³/mol. The van der Waals surface area contributed by atoms with Crippen molar-refractivity contribution < 1.29 is 18.0 Å². The second-order valence-electron chi connectivity index (χ2n) is 7.42. The molecule has 1 heterocycles. The van der Waals surface area contributed by atoms with Crippen LogP contribution >= 0.6 is 11.8 Å². The second-order valence-corrected chi connectivity index (χ2v) is 8.36. The number of aromatic nitrogens is 2. The van der Waals surface area contributed by atoms with Crippen LogP contribution in [0.25, 0.3) is 11.3 Å². The number of carbonyl (C=O) groups excluding carboxylic acids is 1. The van der Waals surface area contributed by atoms with Crippen molar-refractivity contribution in [3.63, 3.8) is 0 Å². The first-order valence-electron chi connectivity index (χ1n) is 9.32. The van der Waals surface area contributed by atoms with Crippen molar-refractivity contribution in [1.29, 1.82) is 0 Å². The number of hydrogen-bond acceptors (Lipinski definition) is 4. The van der Waals surface area contributed by atoms with Crippen molar-refractivity contribution in [3.8, 4) is 11.3 Å². The first-order valence-corrected chi connectivity index (χ1v) is 10.3. The first-order chi connectivity index (χ1) is 13.4. The van der Waals surface area contributed by atoms with Crippen LogP contribution in [0.3, 0.4) is 0 Å². The van der Waals surface area contributed by atoms with E-state index in [2.05, 4.69) is 15.3 Å². The average molecular weight is 407 g/mol. The topological polar surface area (TPSA) is 54.9 Å². The smallest absolute Gasteiger partial charge is 0.352 e. The highest BCUT2D eigenvalue weighted by Crippen LogP contribution is 2.44. The molecule has 3 unspecified atom stereocenters. The van der Waals surface area contributed by atoms with Gasteiger partial charge in [0, 0.05) is 11.6 Å². The quantitative estimate of drug-likeness (QED) is 0.583. The number of halogens is 3. The molecule has 148 valence electrons. The van der Waals surface area contributed by atoms with Gasteiger partial charge in [0.2, 0.25) is 5.91 Å². The summed E-state index contributed by atoms with van der Waals surface area (Å²) in [7, 11) is 0. The molecule has 4 rings (SSSR count). The summed E-state index contributed by atoms with van der Waals surface area (Å²) in [6.07, 6.45) is 0.00767. The van der Waals surface area contributed by atoms with Crippen molar-refractivity contribution in [2.24, 2.45) is 11.8 Å². The molecule has 3 atom stereocenters. The van der Waals surface area contributed by atoms with Crippen LogP contribution in [0.15, 0.2) is 41.6 Å². The molecule has 2 aromatic rings. The average Bonchev–Trinajstić information content (AvgIpc) is 3.29.